The van der Waals surface area contributed by atoms with Crippen LogP contribution in [-0.2, 0) is 0 Å². The number of carbonyl (C=O) groups excluding carboxylic acids is 1. The summed E-state index contributed by atoms with van der Waals surface area (Å²) in [5.41, 5.74) is 1.82. The minimum Gasteiger partial charge on any atom is -0.333 e. The first-order chi connectivity index (χ1) is 8.50. The highest BCUT2D eigenvalue weighted by Gasteiger charge is 2.30. The average molecular weight is 263 g/mol. The molecule has 0 aromatic heterocycles. The molecule has 0 radical (unpaired) electrons. The van der Waals surface area contributed by atoms with Crippen LogP contribution in [0.15, 0.2) is 23.1 Å². The number of aryl methyl sites for hydroxylation is 1. The molecule has 3 heteroatoms. The van der Waals surface area contributed by atoms with Gasteiger partial charge in [0.1, 0.15) is 0 Å². The summed E-state index contributed by atoms with van der Waals surface area (Å²) in [6, 6.07) is 6.45. The molecule has 2 rings (SSSR count). The summed E-state index contributed by atoms with van der Waals surface area (Å²) in [7, 11) is 0. The van der Waals surface area contributed by atoms with Gasteiger partial charge in [-0.2, -0.15) is 0 Å². The summed E-state index contributed by atoms with van der Waals surface area (Å²) in [4.78, 5) is 15.6. The lowest BCUT2D eigenvalue weighted by atomic mass is 9.95. The van der Waals surface area contributed by atoms with Gasteiger partial charge in [-0.05, 0) is 57.7 Å². The number of benzene rings is 1. The largest absolute Gasteiger partial charge is 0.333 e. The molecule has 18 heavy (non-hydrogen) atoms. The molecule has 1 aliphatic heterocycles. The third kappa shape index (κ3) is 2.56. The number of rotatable bonds is 1. The van der Waals surface area contributed by atoms with Crippen LogP contribution in [0.3, 0.4) is 0 Å². The first-order valence-corrected chi connectivity index (χ1v) is 7.07. The summed E-state index contributed by atoms with van der Waals surface area (Å²) in [5, 5.41) is 0. The van der Waals surface area contributed by atoms with E-state index in [0.717, 1.165) is 28.9 Å². The Labute approximate surface area is 115 Å². The fourth-order valence-corrected chi connectivity index (χ4v) is 3.00. The molecule has 1 amide bonds. The molecular formula is C15H21NOS. The van der Waals surface area contributed by atoms with Crippen LogP contribution in [0.4, 0.5) is 0 Å². The highest BCUT2D eigenvalue weighted by Crippen LogP contribution is 2.26. The molecule has 2 atom stereocenters. The van der Waals surface area contributed by atoms with Crippen molar-refractivity contribution in [1.29, 1.82) is 0 Å². The van der Waals surface area contributed by atoms with Gasteiger partial charge in [-0.3, -0.25) is 4.79 Å². The molecule has 0 saturated carbocycles. The SMILES string of the molecule is Cc1ccc(S)cc1C(=O)N1C(C)CCCC1C. The lowest BCUT2D eigenvalue weighted by Crippen LogP contribution is -2.47. The van der Waals surface area contributed by atoms with Crippen LogP contribution in [-0.4, -0.2) is 22.9 Å². The number of piperidine rings is 1. The lowest BCUT2D eigenvalue weighted by molar-refractivity contribution is 0.0510. The normalized spacial score (nSPS) is 24.1. The Morgan fingerprint density at radius 2 is 1.89 bits per heavy atom. The fraction of sp³-hybridized carbons (Fsp3) is 0.533. The molecule has 2 nitrogen and oxygen atoms in total. The maximum atomic E-state index is 12.7. The number of hydrogen-bond acceptors (Lipinski definition) is 2. The molecule has 0 aliphatic carbocycles. The molecule has 0 bridgehead atoms. The third-order valence-electron chi connectivity index (χ3n) is 3.88. The van der Waals surface area contributed by atoms with E-state index in [2.05, 4.69) is 26.5 Å². The molecule has 1 aromatic rings. The molecular weight excluding hydrogens is 242 g/mol. The fourth-order valence-electron chi connectivity index (χ4n) is 2.80. The van der Waals surface area contributed by atoms with Gasteiger partial charge in [0.2, 0.25) is 0 Å². The molecule has 1 saturated heterocycles. The quantitative estimate of drug-likeness (QED) is 0.766. The van der Waals surface area contributed by atoms with E-state index in [0.29, 0.717) is 12.1 Å². The van der Waals surface area contributed by atoms with Crippen LogP contribution in [0.2, 0.25) is 0 Å². The molecule has 1 fully saturated rings. The van der Waals surface area contributed by atoms with Crippen LogP contribution < -0.4 is 0 Å². The summed E-state index contributed by atoms with van der Waals surface area (Å²) >= 11 is 4.33. The van der Waals surface area contributed by atoms with Crippen molar-refractivity contribution in [3.05, 3.63) is 29.3 Å². The maximum absolute atomic E-state index is 12.7. The maximum Gasteiger partial charge on any atom is 0.254 e. The van der Waals surface area contributed by atoms with Gasteiger partial charge in [0.25, 0.3) is 5.91 Å². The van der Waals surface area contributed by atoms with Crippen LogP contribution in [0.25, 0.3) is 0 Å². The minimum atomic E-state index is 0.156. The van der Waals surface area contributed by atoms with E-state index in [4.69, 9.17) is 0 Å². The van der Waals surface area contributed by atoms with Crippen molar-refractivity contribution in [1.82, 2.24) is 4.90 Å². The van der Waals surface area contributed by atoms with Crippen molar-refractivity contribution in [3.63, 3.8) is 0 Å². The first-order valence-electron chi connectivity index (χ1n) is 6.63. The van der Waals surface area contributed by atoms with Gasteiger partial charge in [0.05, 0.1) is 0 Å². The van der Waals surface area contributed by atoms with Crippen LogP contribution in [0.5, 0.6) is 0 Å². The second-order valence-electron chi connectivity index (χ2n) is 5.34. The zero-order chi connectivity index (χ0) is 13.3. The van der Waals surface area contributed by atoms with Crippen molar-refractivity contribution < 1.29 is 4.79 Å². The Balaban J connectivity index is 2.32. The number of hydrogen-bond donors (Lipinski definition) is 1. The van der Waals surface area contributed by atoms with Gasteiger partial charge in [-0.25, -0.2) is 0 Å². The highest BCUT2D eigenvalue weighted by molar-refractivity contribution is 7.80. The monoisotopic (exact) mass is 263 g/mol. The van der Waals surface area contributed by atoms with Gasteiger partial charge in [0.15, 0.2) is 0 Å². The van der Waals surface area contributed by atoms with Gasteiger partial charge < -0.3 is 4.90 Å². The molecule has 1 aromatic carbocycles. The van der Waals surface area contributed by atoms with Gasteiger partial charge >= 0.3 is 0 Å². The number of likely N-dealkylation sites (tertiary alicyclic amines) is 1. The Bertz CT molecular complexity index is 448. The van der Waals surface area contributed by atoms with Gasteiger partial charge in [-0.15, -0.1) is 12.6 Å². The van der Waals surface area contributed by atoms with Crippen molar-refractivity contribution in [3.8, 4) is 0 Å². The van der Waals surface area contributed by atoms with Crippen LogP contribution in [0, 0.1) is 6.92 Å². The van der Waals surface area contributed by atoms with E-state index < -0.39 is 0 Å². The summed E-state index contributed by atoms with van der Waals surface area (Å²) in [6.07, 6.45) is 3.43. The predicted molar refractivity (Wildman–Crippen MR) is 77.4 cm³/mol. The molecule has 2 unspecified atom stereocenters. The summed E-state index contributed by atoms with van der Waals surface area (Å²) < 4.78 is 0. The topological polar surface area (TPSA) is 20.3 Å². The zero-order valence-corrected chi connectivity index (χ0v) is 12.2. The molecule has 0 N–H and O–H groups in total. The van der Waals surface area contributed by atoms with Gasteiger partial charge in [0, 0.05) is 22.5 Å². The van der Waals surface area contributed by atoms with E-state index in [1.807, 2.05) is 30.0 Å². The second kappa shape index (κ2) is 5.35. The summed E-state index contributed by atoms with van der Waals surface area (Å²) in [6.45, 7) is 6.28. The lowest BCUT2D eigenvalue weighted by Gasteiger charge is -2.39. The van der Waals surface area contributed by atoms with Crippen molar-refractivity contribution in [2.24, 2.45) is 0 Å². The second-order valence-corrected chi connectivity index (χ2v) is 5.86. The van der Waals surface area contributed by atoms with Crippen LogP contribution in [0.1, 0.15) is 49.0 Å². The highest BCUT2D eigenvalue weighted by atomic mass is 32.1. The van der Waals surface area contributed by atoms with Crippen molar-refractivity contribution in [2.75, 3.05) is 0 Å². The number of amides is 1. The minimum absolute atomic E-state index is 0.156. The first kappa shape index (κ1) is 13.5. The Morgan fingerprint density at radius 3 is 2.50 bits per heavy atom. The third-order valence-corrected chi connectivity index (χ3v) is 4.16. The number of carbonyl (C=O) groups is 1. The molecule has 1 heterocycles. The van der Waals surface area contributed by atoms with Crippen molar-refractivity contribution in [2.45, 2.75) is 57.0 Å². The average Bonchev–Trinajstić information content (AvgIpc) is 2.32. The standard InChI is InChI=1S/C15H21NOS/c1-10-7-8-13(18)9-14(10)15(17)16-11(2)5-4-6-12(16)3/h7-9,11-12,18H,4-6H2,1-3H3. The Hall–Kier alpha value is -0.960. The number of nitrogens with zero attached hydrogens (tertiary/aromatic N) is 1. The van der Waals surface area contributed by atoms with E-state index in [9.17, 15) is 4.79 Å². The van der Waals surface area contributed by atoms with Crippen LogP contribution >= 0.6 is 12.6 Å². The van der Waals surface area contributed by atoms with Gasteiger partial charge in [-0.1, -0.05) is 6.07 Å². The Morgan fingerprint density at radius 1 is 1.28 bits per heavy atom. The van der Waals surface area contributed by atoms with Crippen molar-refractivity contribution >= 4 is 18.5 Å². The predicted octanol–water partition coefficient (Wildman–Crippen LogP) is 3.69. The Kier molecular flexibility index (Phi) is 4.00. The molecule has 98 valence electrons. The molecule has 0 spiro atoms. The van der Waals surface area contributed by atoms with E-state index in [1.165, 1.54) is 6.42 Å². The zero-order valence-electron chi connectivity index (χ0n) is 11.3. The smallest absolute Gasteiger partial charge is 0.254 e. The van der Waals surface area contributed by atoms with E-state index >= 15 is 0 Å². The van der Waals surface area contributed by atoms with E-state index in [-0.39, 0.29) is 5.91 Å². The summed E-state index contributed by atoms with van der Waals surface area (Å²) in [5.74, 6) is 0.156. The molecule has 1 aliphatic rings. The van der Waals surface area contributed by atoms with E-state index in [1.54, 1.807) is 0 Å². The number of thiol groups is 1.